The van der Waals surface area contributed by atoms with Gasteiger partial charge < -0.3 is 20.6 Å². The first-order chi connectivity index (χ1) is 12.5. The fourth-order valence-electron chi connectivity index (χ4n) is 3.69. The molecule has 0 aliphatic carbocycles. The summed E-state index contributed by atoms with van der Waals surface area (Å²) in [7, 11) is 0. The Morgan fingerprint density at radius 3 is 2.77 bits per heavy atom. The Labute approximate surface area is 150 Å². The van der Waals surface area contributed by atoms with Gasteiger partial charge in [-0.25, -0.2) is 0 Å². The molecule has 3 aliphatic heterocycles. The van der Waals surface area contributed by atoms with Crippen molar-refractivity contribution in [3.05, 3.63) is 34.9 Å². The summed E-state index contributed by atoms with van der Waals surface area (Å²) in [4.78, 5) is 37.7. The zero-order chi connectivity index (χ0) is 18.3. The SMILES string of the molecule is O=C1CCC(N2Cc3ccc(CNCC4(O)CNC4)cc3C2=O)C(=O)N1. The number of nitrogens with one attached hydrogen (secondary N) is 3. The van der Waals surface area contributed by atoms with Crippen LogP contribution in [0.2, 0.25) is 0 Å². The quantitative estimate of drug-likeness (QED) is 0.496. The van der Waals surface area contributed by atoms with E-state index in [1.807, 2.05) is 18.2 Å². The van der Waals surface area contributed by atoms with E-state index in [1.165, 1.54) is 0 Å². The van der Waals surface area contributed by atoms with Gasteiger partial charge >= 0.3 is 0 Å². The molecule has 3 aliphatic rings. The molecule has 0 aromatic heterocycles. The smallest absolute Gasteiger partial charge is 0.255 e. The van der Waals surface area contributed by atoms with Crippen LogP contribution in [0.4, 0.5) is 0 Å². The lowest BCUT2D eigenvalue weighted by Gasteiger charge is -2.37. The van der Waals surface area contributed by atoms with Gasteiger partial charge in [0.05, 0.1) is 0 Å². The van der Waals surface area contributed by atoms with Gasteiger partial charge in [0.25, 0.3) is 5.91 Å². The van der Waals surface area contributed by atoms with E-state index in [4.69, 9.17) is 0 Å². The molecule has 26 heavy (non-hydrogen) atoms. The standard InChI is InChI=1S/C18H22N4O4/c23-15-4-3-14(16(24)21-15)22-7-12-2-1-11(5-13(12)17(22)25)6-19-8-18(26)9-20-10-18/h1-2,5,14,19-20,26H,3-4,6-10H2,(H,21,23,24). The summed E-state index contributed by atoms with van der Waals surface area (Å²) < 4.78 is 0. The van der Waals surface area contributed by atoms with Gasteiger partial charge in [-0.05, 0) is 23.6 Å². The number of fused-ring (bicyclic) bond motifs is 1. The number of aliphatic hydroxyl groups is 1. The zero-order valence-electron chi connectivity index (χ0n) is 14.4. The number of rotatable bonds is 5. The van der Waals surface area contributed by atoms with Gasteiger partial charge in [-0.3, -0.25) is 19.7 Å². The number of hydrogen-bond acceptors (Lipinski definition) is 6. The molecule has 2 fully saturated rings. The minimum Gasteiger partial charge on any atom is -0.386 e. The second-order valence-electron chi connectivity index (χ2n) is 7.32. The van der Waals surface area contributed by atoms with Crippen molar-refractivity contribution in [2.24, 2.45) is 0 Å². The molecule has 1 aromatic carbocycles. The molecular weight excluding hydrogens is 336 g/mol. The van der Waals surface area contributed by atoms with Crippen LogP contribution in [-0.2, 0) is 22.7 Å². The molecule has 4 N–H and O–H groups in total. The molecule has 0 saturated carbocycles. The van der Waals surface area contributed by atoms with Crippen LogP contribution in [0.3, 0.4) is 0 Å². The molecule has 1 unspecified atom stereocenters. The summed E-state index contributed by atoms with van der Waals surface area (Å²) in [5, 5.41) is 18.6. The van der Waals surface area contributed by atoms with Crippen molar-refractivity contribution in [1.82, 2.24) is 20.9 Å². The van der Waals surface area contributed by atoms with Crippen molar-refractivity contribution in [1.29, 1.82) is 0 Å². The topological polar surface area (TPSA) is 111 Å². The van der Waals surface area contributed by atoms with Crippen LogP contribution in [0.25, 0.3) is 0 Å². The first-order valence-corrected chi connectivity index (χ1v) is 8.85. The summed E-state index contributed by atoms with van der Waals surface area (Å²) in [6.07, 6.45) is 0.620. The number of hydrogen-bond donors (Lipinski definition) is 4. The van der Waals surface area contributed by atoms with E-state index in [0.717, 1.165) is 11.1 Å². The Morgan fingerprint density at radius 1 is 1.27 bits per heavy atom. The largest absolute Gasteiger partial charge is 0.386 e. The molecule has 3 amide bonds. The number of carbonyl (C=O) groups is 3. The van der Waals surface area contributed by atoms with E-state index in [-0.39, 0.29) is 18.2 Å². The number of nitrogens with zero attached hydrogens (tertiary/aromatic N) is 1. The molecule has 0 radical (unpaired) electrons. The fourth-order valence-corrected chi connectivity index (χ4v) is 3.69. The first kappa shape index (κ1) is 17.1. The zero-order valence-corrected chi connectivity index (χ0v) is 14.4. The lowest BCUT2D eigenvalue weighted by Crippen LogP contribution is -2.64. The molecule has 1 aromatic rings. The molecule has 8 nitrogen and oxygen atoms in total. The normalized spacial score (nSPS) is 24.3. The van der Waals surface area contributed by atoms with Crippen molar-refractivity contribution >= 4 is 17.7 Å². The number of carbonyl (C=O) groups excluding carboxylic acids is 3. The molecule has 3 heterocycles. The van der Waals surface area contributed by atoms with Crippen LogP contribution in [0.15, 0.2) is 18.2 Å². The van der Waals surface area contributed by atoms with Crippen LogP contribution in [-0.4, -0.2) is 59.0 Å². The molecular formula is C18H22N4O4. The predicted octanol–water partition coefficient (Wildman–Crippen LogP) is -1.13. The van der Waals surface area contributed by atoms with Gasteiger partial charge in [-0.2, -0.15) is 0 Å². The third-order valence-corrected chi connectivity index (χ3v) is 5.28. The number of benzene rings is 1. The highest BCUT2D eigenvalue weighted by molar-refractivity contribution is 6.05. The van der Waals surface area contributed by atoms with Gasteiger partial charge in [-0.1, -0.05) is 12.1 Å². The monoisotopic (exact) mass is 358 g/mol. The molecule has 138 valence electrons. The van der Waals surface area contributed by atoms with Crippen LogP contribution in [0.5, 0.6) is 0 Å². The minimum atomic E-state index is -0.685. The average molecular weight is 358 g/mol. The van der Waals surface area contributed by atoms with Crippen LogP contribution < -0.4 is 16.0 Å². The van der Waals surface area contributed by atoms with Crippen molar-refractivity contribution in [2.45, 2.75) is 37.6 Å². The van der Waals surface area contributed by atoms with Crippen LogP contribution >= 0.6 is 0 Å². The van der Waals surface area contributed by atoms with E-state index in [1.54, 1.807) is 4.90 Å². The van der Waals surface area contributed by atoms with E-state index in [0.29, 0.717) is 44.7 Å². The maximum absolute atomic E-state index is 12.8. The second-order valence-corrected chi connectivity index (χ2v) is 7.32. The highest BCUT2D eigenvalue weighted by atomic mass is 16.3. The van der Waals surface area contributed by atoms with Crippen molar-refractivity contribution < 1.29 is 19.5 Å². The van der Waals surface area contributed by atoms with Crippen molar-refractivity contribution in [3.8, 4) is 0 Å². The Hall–Kier alpha value is -2.29. The summed E-state index contributed by atoms with van der Waals surface area (Å²) in [6, 6.07) is 5.13. The summed E-state index contributed by atoms with van der Waals surface area (Å²) >= 11 is 0. The van der Waals surface area contributed by atoms with Gasteiger partial charge in [0.15, 0.2) is 0 Å². The molecule has 2 saturated heterocycles. The van der Waals surface area contributed by atoms with Crippen LogP contribution in [0.1, 0.15) is 34.3 Å². The number of amides is 3. The molecule has 0 spiro atoms. The average Bonchev–Trinajstić information content (AvgIpc) is 2.90. The van der Waals surface area contributed by atoms with Gasteiger partial charge in [-0.15, -0.1) is 0 Å². The maximum atomic E-state index is 12.8. The molecule has 1 atom stereocenters. The summed E-state index contributed by atoms with van der Waals surface area (Å²) in [5.41, 5.74) is 1.77. The highest BCUT2D eigenvalue weighted by Gasteiger charge is 2.39. The van der Waals surface area contributed by atoms with Gasteiger partial charge in [0.2, 0.25) is 11.8 Å². The fraction of sp³-hybridized carbons (Fsp3) is 0.500. The van der Waals surface area contributed by atoms with E-state index < -0.39 is 17.6 Å². The summed E-state index contributed by atoms with van der Waals surface area (Å²) in [5.74, 6) is -0.850. The van der Waals surface area contributed by atoms with Gasteiger partial charge in [0.1, 0.15) is 11.6 Å². The number of β-amino-alcohol motifs (C(OH)–C–C–N with tert-alkyl or cyclic N) is 1. The van der Waals surface area contributed by atoms with Gasteiger partial charge in [0, 0.05) is 44.7 Å². The van der Waals surface area contributed by atoms with Crippen molar-refractivity contribution in [2.75, 3.05) is 19.6 Å². The molecule has 4 rings (SSSR count). The number of piperidine rings is 1. The Bertz CT molecular complexity index is 774. The Morgan fingerprint density at radius 2 is 2.08 bits per heavy atom. The predicted molar refractivity (Wildman–Crippen MR) is 92.0 cm³/mol. The summed E-state index contributed by atoms with van der Waals surface area (Å²) in [6.45, 7) is 2.61. The second kappa shape index (κ2) is 6.46. The third-order valence-electron chi connectivity index (χ3n) is 5.28. The maximum Gasteiger partial charge on any atom is 0.255 e. The lowest BCUT2D eigenvalue weighted by atomic mass is 9.97. The number of imide groups is 1. The third kappa shape index (κ3) is 3.11. The van der Waals surface area contributed by atoms with Crippen LogP contribution in [0, 0.1) is 0 Å². The van der Waals surface area contributed by atoms with Crippen molar-refractivity contribution in [3.63, 3.8) is 0 Å². The Kier molecular flexibility index (Phi) is 4.26. The lowest BCUT2D eigenvalue weighted by molar-refractivity contribution is -0.136. The minimum absolute atomic E-state index is 0.168. The first-order valence-electron chi connectivity index (χ1n) is 8.85. The highest BCUT2D eigenvalue weighted by Crippen LogP contribution is 2.28. The molecule has 0 bridgehead atoms. The van der Waals surface area contributed by atoms with E-state index in [9.17, 15) is 19.5 Å². The Balaban J connectivity index is 1.42. The van der Waals surface area contributed by atoms with E-state index >= 15 is 0 Å². The van der Waals surface area contributed by atoms with E-state index in [2.05, 4.69) is 16.0 Å². The molecule has 8 heteroatoms.